The van der Waals surface area contributed by atoms with Crippen molar-refractivity contribution in [3.63, 3.8) is 0 Å². The number of non-ortho nitro benzene ring substituents is 1. The molecule has 2 rings (SSSR count). The lowest BCUT2D eigenvalue weighted by Gasteiger charge is -2.14. The maximum Gasteiger partial charge on any atom is 0.326 e. The number of anilines is 1. The highest BCUT2D eigenvalue weighted by molar-refractivity contribution is 6.36. The van der Waals surface area contributed by atoms with Crippen LogP contribution in [0.2, 0.25) is 15.1 Å². The lowest BCUT2D eigenvalue weighted by atomic mass is 10.2. The highest BCUT2D eigenvalue weighted by Gasteiger charge is 2.20. The molecule has 0 radical (unpaired) electrons. The van der Waals surface area contributed by atoms with Gasteiger partial charge in [-0.3, -0.25) is 24.5 Å². The van der Waals surface area contributed by atoms with Crippen molar-refractivity contribution in [3.8, 4) is 0 Å². The number of carbonyl (C=O) groups excluding carboxylic acids is 3. The summed E-state index contributed by atoms with van der Waals surface area (Å²) < 4.78 is 4.95. The van der Waals surface area contributed by atoms with Gasteiger partial charge in [0.25, 0.3) is 17.5 Å². The standard InChI is InChI=1S/C18H14Cl3N3O6/c1-9(17(26)23-15-5-3-11(24(28)29)7-14(15)21)30-16(25)8-22-18(27)12-4-2-10(19)6-13(12)20/h2-7,9H,8H2,1H3,(H,22,27)(H,23,26). The zero-order valence-electron chi connectivity index (χ0n) is 15.3. The van der Waals surface area contributed by atoms with E-state index in [2.05, 4.69) is 10.6 Å². The molecule has 0 aliphatic carbocycles. The van der Waals surface area contributed by atoms with Crippen molar-refractivity contribution in [1.82, 2.24) is 5.32 Å². The lowest BCUT2D eigenvalue weighted by molar-refractivity contribution is -0.384. The van der Waals surface area contributed by atoms with E-state index in [9.17, 15) is 24.5 Å². The average molecular weight is 475 g/mol. The third-order valence-electron chi connectivity index (χ3n) is 3.67. The number of nitro groups is 1. The number of ether oxygens (including phenoxy) is 1. The summed E-state index contributed by atoms with van der Waals surface area (Å²) in [6.45, 7) is 0.804. The van der Waals surface area contributed by atoms with E-state index in [1.54, 1.807) is 0 Å². The summed E-state index contributed by atoms with van der Waals surface area (Å²) in [6, 6.07) is 7.74. The minimum atomic E-state index is -1.22. The first kappa shape index (κ1) is 23.4. The van der Waals surface area contributed by atoms with Gasteiger partial charge in [0.05, 0.1) is 26.2 Å². The second kappa shape index (κ2) is 10.2. The Morgan fingerprint density at radius 1 is 1.10 bits per heavy atom. The molecule has 0 bridgehead atoms. The van der Waals surface area contributed by atoms with Crippen LogP contribution in [0, 0.1) is 10.1 Å². The Balaban J connectivity index is 1.88. The molecule has 0 aromatic heterocycles. The molecule has 30 heavy (non-hydrogen) atoms. The number of amides is 2. The summed E-state index contributed by atoms with van der Waals surface area (Å²) in [5.74, 6) is -2.21. The van der Waals surface area contributed by atoms with E-state index in [4.69, 9.17) is 39.5 Å². The van der Waals surface area contributed by atoms with Crippen molar-refractivity contribution < 1.29 is 24.0 Å². The van der Waals surface area contributed by atoms with Crippen molar-refractivity contribution in [3.05, 3.63) is 67.1 Å². The molecule has 2 N–H and O–H groups in total. The number of hydrogen-bond donors (Lipinski definition) is 2. The van der Waals surface area contributed by atoms with E-state index >= 15 is 0 Å². The fourth-order valence-electron chi connectivity index (χ4n) is 2.17. The Kier molecular flexibility index (Phi) is 7.99. The lowest BCUT2D eigenvalue weighted by Crippen LogP contribution is -2.36. The van der Waals surface area contributed by atoms with Gasteiger partial charge < -0.3 is 15.4 Å². The van der Waals surface area contributed by atoms with Crippen molar-refractivity contribution in [2.24, 2.45) is 0 Å². The van der Waals surface area contributed by atoms with Crippen LogP contribution in [-0.4, -0.2) is 35.4 Å². The summed E-state index contributed by atoms with van der Waals surface area (Å²) in [5.41, 5.74) is -0.0117. The molecule has 0 spiro atoms. The van der Waals surface area contributed by atoms with Crippen LogP contribution in [0.4, 0.5) is 11.4 Å². The number of esters is 1. The van der Waals surface area contributed by atoms with Crippen LogP contribution >= 0.6 is 34.8 Å². The summed E-state index contributed by atoms with van der Waals surface area (Å²) >= 11 is 17.6. The highest BCUT2D eigenvalue weighted by atomic mass is 35.5. The fourth-order valence-corrected chi connectivity index (χ4v) is 2.88. The minimum absolute atomic E-state index is 0.0526. The number of rotatable bonds is 7. The summed E-state index contributed by atoms with van der Waals surface area (Å²) in [4.78, 5) is 46.2. The molecule has 0 aliphatic rings. The first-order valence-electron chi connectivity index (χ1n) is 8.26. The van der Waals surface area contributed by atoms with Crippen LogP contribution < -0.4 is 10.6 Å². The Morgan fingerprint density at radius 2 is 1.80 bits per heavy atom. The smallest absolute Gasteiger partial charge is 0.326 e. The second-order valence-electron chi connectivity index (χ2n) is 5.85. The summed E-state index contributed by atoms with van der Waals surface area (Å²) in [7, 11) is 0. The Morgan fingerprint density at radius 3 is 2.40 bits per heavy atom. The molecule has 1 unspecified atom stereocenters. The molecular formula is C18H14Cl3N3O6. The van der Waals surface area contributed by atoms with Crippen LogP contribution in [0.15, 0.2) is 36.4 Å². The Bertz CT molecular complexity index is 1010. The van der Waals surface area contributed by atoms with Crippen LogP contribution in [0.3, 0.4) is 0 Å². The topological polar surface area (TPSA) is 128 Å². The predicted octanol–water partition coefficient (Wildman–Crippen LogP) is 3.86. The molecule has 2 amide bonds. The molecule has 0 saturated carbocycles. The van der Waals surface area contributed by atoms with Gasteiger partial charge in [0.2, 0.25) is 0 Å². The van der Waals surface area contributed by atoms with Crippen LogP contribution in [-0.2, 0) is 14.3 Å². The van der Waals surface area contributed by atoms with E-state index in [0.717, 1.165) is 12.1 Å². The van der Waals surface area contributed by atoms with Crippen molar-refractivity contribution in [2.75, 3.05) is 11.9 Å². The van der Waals surface area contributed by atoms with Gasteiger partial charge in [-0.1, -0.05) is 34.8 Å². The molecule has 158 valence electrons. The van der Waals surface area contributed by atoms with E-state index in [1.165, 1.54) is 31.2 Å². The normalized spacial score (nSPS) is 11.3. The van der Waals surface area contributed by atoms with Gasteiger partial charge in [-0.05, 0) is 31.2 Å². The molecule has 1 atom stereocenters. The fraction of sp³-hybridized carbons (Fsp3) is 0.167. The molecular weight excluding hydrogens is 461 g/mol. The number of carbonyl (C=O) groups is 3. The zero-order valence-corrected chi connectivity index (χ0v) is 17.5. The average Bonchev–Trinajstić information content (AvgIpc) is 2.67. The van der Waals surface area contributed by atoms with E-state index < -0.39 is 35.4 Å². The number of benzene rings is 2. The number of nitro benzene ring substituents is 1. The first-order valence-corrected chi connectivity index (χ1v) is 9.39. The van der Waals surface area contributed by atoms with Gasteiger partial charge in [0.1, 0.15) is 6.54 Å². The van der Waals surface area contributed by atoms with E-state index in [0.29, 0.717) is 5.02 Å². The predicted molar refractivity (Wildman–Crippen MR) is 111 cm³/mol. The molecule has 0 heterocycles. The third-order valence-corrected chi connectivity index (χ3v) is 4.53. The molecule has 12 heteroatoms. The zero-order chi connectivity index (χ0) is 22.4. The molecule has 2 aromatic carbocycles. The van der Waals surface area contributed by atoms with Gasteiger partial charge >= 0.3 is 5.97 Å². The SMILES string of the molecule is CC(OC(=O)CNC(=O)c1ccc(Cl)cc1Cl)C(=O)Nc1ccc([N+](=O)[O-])cc1Cl. The van der Waals surface area contributed by atoms with Gasteiger partial charge in [0, 0.05) is 17.2 Å². The number of hydrogen-bond acceptors (Lipinski definition) is 6. The van der Waals surface area contributed by atoms with Gasteiger partial charge in [-0.2, -0.15) is 0 Å². The first-order chi connectivity index (χ1) is 14.1. The quantitative estimate of drug-likeness (QED) is 0.356. The maximum absolute atomic E-state index is 12.2. The molecule has 2 aromatic rings. The van der Waals surface area contributed by atoms with Gasteiger partial charge in [-0.15, -0.1) is 0 Å². The van der Waals surface area contributed by atoms with Gasteiger partial charge in [0.15, 0.2) is 6.10 Å². The molecule has 9 nitrogen and oxygen atoms in total. The van der Waals surface area contributed by atoms with Crippen molar-refractivity contribution in [1.29, 1.82) is 0 Å². The monoisotopic (exact) mass is 473 g/mol. The van der Waals surface area contributed by atoms with Crippen molar-refractivity contribution >= 4 is 64.0 Å². The molecule has 0 fully saturated rings. The van der Waals surface area contributed by atoms with Crippen LogP contribution in [0.25, 0.3) is 0 Å². The van der Waals surface area contributed by atoms with Crippen LogP contribution in [0.5, 0.6) is 0 Å². The largest absolute Gasteiger partial charge is 0.451 e. The third kappa shape index (κ3) is 6.31. The Hall–Kier alpha value is -2.88. The summed E-state index contributed by atoms with van der Waals surface area (Å²) in [6.07, 6.45) is -1.22. The van der Waals surface area contributed by atoms with E-state index in [1.807, 2.05) is 0 Å². The summed E-state index contributed by atoms with van der Waals surface area (Å²) in [5, 5.41) is 15.8. The highest BCUT2D eigenvalue weighted by Crippen LogP contribution is 2.26. The molecule has 0 aliphatic heterocycles. The van der Waals surface area contributed by atoms with Crippen LogP contribution in [0.1, 0.15) is 17.3 Å². The number of nitrogens with zero attached hydrogens (tertiary/aromatic N) is 1. The number of nitrogens with one attached hydrogen (secondary N) is 2. The molecule has 0 saturated heterocycles. The minimum Gasteiger partial charge on any atom is -0.451 e. The Labute approximate surface area is 185 Å². The number of halogens is 3. The van der Waals surface area contributed by atoms with Gasteiger partial charge in [-0.25, -0.2) is 0 Å². The van der Waals surface area contributed by atoms with Crippen molar-refractivity contribution in [2.45, 2.75) is 13.0 Å². The second-order valence-corrected chi connectivity index (χ2v) is 7.10. The van der Waals surface area contributed by atoms with E-state index in [-0.39, 0.29) is 27.0 Å². The maximum atomic E-state index is 12.2.